The minimum Gasteiger partial charge on any atom is -0.421 e. The van der Waals surface area contributed by atoms with E-state index >= 15 is 0 Å². The number of carbonyl (C=O) groups excluding carboxylic acids is 2. The van der Waals surface area contributed by atoms with Crippen LogP contribution in [-0.4, -0.2) is 28.6 Å². The number of halogens is 1. The van der Waals surface area contributed by atoms with Crippen LogP contribution in [-0.2, 0) is 16.0 Å². The molecule has 3 aromatic rings. The Morgan fingerprint density at radius 2 is 2.21 bits per heavy atom. The predicted octanol–water partition coefficient (Wildman–Crippen LogP) is 4.15. The van der Waals surface area contributed by atoms with Gasteiger partial charge in [-0.05, 0) is 36.1 Å². The fraction of sp³-hybridized carbons (Fsp3) is 0.263. The van der Waals surface area contributed by atoms with Crippen LogP contribution in [0, 0.1) is 0 Å². The van der Waals surface area contributed by atoms with E-state index in [0.717, 1.165) is 17.7 Å². The van der Waals surface area contributed by atoms with E-state index in [9.17, 15) is 9.59 Å². The van der Waals surface area contributed by atoms with Gasteiger partial charge in [0.15, 0.2) is 0 Å². The summed E-state index contributed by atoms with van der Waals surface area (Å²) in [6, 6.07) is 7.09. The Hall–Kier alpha value is -2.71. The third-order valence-corrected chi connectivity index (χ3v) is 5.42. The average Bonchev–Trinajstić information content (AvgIpc) is 3.43. The Kier molecular flexibility index (Phi) is 5.40. The van der Waals surface area contributed by atoms with Gasteiger partial charge in [-0.2, -0.15) is 11.3 Å². The molecule has 1 saturated heterocycles. The Morgan fingerprint density at radius 3 is 2.96 bits per heavy atom. The smallest absolute Gasteiger partial charge is 0.248 e. The molecule has 7 nitrogen and oxygen atoms in total. The predicted molar refractivity (Wildman–Crippen MR) is 108 cm³/mol. The lowest BCUT2D eigenvalue weighted by atomic mass is 10.2. The van der Waals surface area contributed by atoms with Crippen molar-refractivity contribution in [3.05, 3.63) is 45.9 Å². The second-order valence-corrected chi connectivity index (χ2v) is 7.56. The molecule has 1 aliphatic rings. The van der Waals surface area contributed by atoms with Crippen molar-refractivity contribution in [2.24, 2.45) is 0 Å². The largest absolute Gasteiger partial charge is 0.421 e. The quantitative estimate of drug-likeness (QED) is 0.652. The van der Waals surface area contributed by atoms with Gasteiger partial charge in [0.1, 0.15) is 0 Å². The number of benzene rings is 1. The first-order valence-electron chi connectivity index (χ1n) is 8.85. The number of amides is 2. The van der Waals surface area contributed by atoms with Crippen LogP contribution in [0.2, 0.25) is 5.02 Å². The van der Waals surface area contributed by atoms with Crippen molar-refractivity contribution in [3.8, 4) is 11.5 Å². The van der Waals surface area contributed by atoms with Crippen molar-refractivity contribution in [3.63, 3.8) is 0 Å². The average molecular weight is 417 g/mol. The Balaban J connectivity index is 1.38. The van der Waals surface area contributed by atoms with Gasteiger partial charge in [0.2, 0.25) is 23.6 Å². The fourth-order valence-electron chi connectivity index (χ4n) is 2.99. The molecular formula is C19H17ClN4O3S. The molecule has 0 radical (unpaired) electrons. The highest BCUT2D eigenvalue weighted by molar-refractivity contribution is 7.08. The molecule has 9 heteroatoms. The minimum atomic E-state index is -0.220. The lowest BCUT2D eigenvalue weighted by Crippen LogP contribution is -2.23. The number of aryl methyl sites for hydroxylation is 1. The monoisotopic (exact) mass is 416 g/mol. The van der Waals surface area contributed by atoms with Gasteiger partial charge in [-0.15, -0.1) is 10.2 Å². The lowest BCUT2D eigenvalue weighted by Gasteiger charge is -2.17. The van der Waals surface area contributed by atoms with Gasteiger partial charge in [0.25, 0.3) is 0 Å². The molecule has 2 aromatic heterocycles. The number of rotatable bonds is 6. The maximum absolute atomic E-state index is 12.3. The Labute approximate surface area is 170 Å². The number of carbonyl (C=O) groups is 2. The fourth-order valence-corrected chi connectivity index (χ4v) is 3.78. The van der Waals surface area contributed by atoms with Gasteiger partial charge >= 0.3 is 0 Å². The molecule has 28 heavy (non-hydrogen) atoms. The first-order chi connectivity index (χ1) is 13.6. The zero-order valence-electron chi connectivity index (χ0n) is 14.9. The van der Waals surface area contributed by atoms with E-state index in [4.69, 9.17) is 16.0 Å². The van der Waals surface area contributed by atoms with Crippen molar-refractivity contribution in [2.45, 2.75) is 25.7 Å². The van der Waals surface area contributed by atoms with E-state index in [1.165, 1.54) is 0 Å². The molecule has 1 aromatic carbocycles. The van der Waals surface area contributed by atoms with Crippen LogP contribution in [0.5, 0.6) is 0 Å². The van der Waals surface area contributed by atoms with E-state index in [-0.39, 0.29) is 18.2 Å². The topological polar surface area (TPSA) is 88.3 Å². The van der Waals surface area contributed by atoms with Gasteiger partial charge in [-0.1, -0.05) is 11.6 Å². The molecule has 0 aliphatic carbocycles. The van der Waals surface area contributed by atoms with Crippen LogP contribution in [0.4, 0.5) is 11.4 Å². The van der Waals surface area contributed by atoms with Crippen molar-refractivity contribution < 1.29 is 14.0 Å². The van der Waals surface area contributed by atoms with E-state index in [1.54, 1.807) is 34.4 Å². The highest BCUT2D eigenvalue weighted by Gasteiger charge is 2.22. The lowest BCUT2D eigenvalue weighted by molar-refractivity contribution is -0.117. The van der Waals surface area contributed by atoms with Gasteiger partial charge in [-0.3, -0.25) is 9.59 Å². The molecule has 1 aliphatic heterocycles. The number of nitrogens with zero attached hydrogens (tertiary/aromatic N) is 3. The standard InChI is InChI=1S/C19H17ClN4O3S/c20-14-4-3-13(24-8-1-2-18(24)26)10-15(14)21-16(25)5-6-17-22-23-19(27-17)12-7-9-28-11-12/h3-4,7,9-11H,1-2,5-6,8H2,(H,21,25). The Morgan fingerprint density at radius 1 is 1.32 bits per heavy atom. The normalized spacial score (nSPS) is 13.9. The Bertz CT molecular complexity index is 1000. The van der Waals surface area contributed by atoms with Crippen LogP contribution in [0.15, 0.2) is 39.4 Å². The number of anilines is 2. The number of aromatic nitrogens is 2. The summed E-state index contributed by atoms with van der Waals surface area (Å²) in [5.74, 6) is 0.709. The molecule has 144 valence electrons. The molecule has 0 atom stereocenters. The molecule has 2 amide bonds. The van der Waals surface area contributed by atoms with Crippen LogP contribution < -0.4 is 10.2 Å². The molecule has 3 heterocycles. The summed E-state index contributed by atoms with van der Waals surface area (Å²) in [5, 5.41) is 15.0. The summed E-state index contributed by atoms with van der Waals surface area (Å²) in [6.07, 6.45) is 1.88. The van der Waals surface area contributed by atoms with Crippen LogP contribution in [0.25, 0.3) is 11.5 Å². The van der Waals surface area contributed by atoms with Crippen molar-refractivity contribution >= 4 is 46.1 Å². The molecule has 0 spiro atoms. The van der Waals surface area contributed by atoms with Crippen LogP contribution >= 0.6 is 22.9 Å². The maximum Gasteiger partial charge on any atom is 0.248 e. The highest BCUT2D eigenvalue weighted by atomic mass is 35.5. The van der Waals surface area contributed by atoms with Gasteiger partial charge in [-0.25, -0.2) is 0 Å². The summed E-state index contributed by atoms with van der Waals surface area (Å²) in [5.41, 5.74) is 2.08. The molecule has 0 unspecified atom stereocenters. The summed E-state index contributed by atoms with van der Waals surface area (Å²) < 4.78 is 5.59. The highest BCUT2D eigenvalue weighted by Crippen LogP contribution is 2.30. The third kappa shape index (κ3) is 4.07. The van der Waals surface area contributed by atoms with Gasteiger partial charge in [0, 0.05) is 42.4 Å². The minimum absolute atomic E-state index is 0.0809. The second-order valence-electron chi connectivity index (χ2n) is 6.37. The van der Waals surface area contributed by atoms with E-state index < -0.39 is 0 Å². The van der Waals surface area contributed by atoms with Crippen molar-refractivity contribution in [2.75, 3.05) is 16.8 Å². The van der Waals surface area contributed by atoms with E-state index in [1.807, 2.05) is 16.8 Å². The molecule has 4 rings (SSSR count). The summed E-state index contributed by atoms with van der Waals surface area (Å²) >= 11 is 7.75. The molecule has 0 bridgehead atoms. The summed E-state index contributed by atoms with van der Waals surface area (Å²) in [4.78, 5) is 26.0. The van der Waals surface area contributed by atoms with E-state index in [0.29, 0.717) is 41.9 Å². The third-order valence-electron chi connectivity index (χ3n) is 4.41. The number of hydrogen-bond acceptors (Lipinski definition) is 6. The maximum atomic E-state index is 12.3. The molecule has 1 fully saturated rings. The summed E-state index contributed by atoms with van der Waals surface area (Å²) in [6.45, 7) is 0.678. The first kappa shape index (κ1) is 18.6. The molecular weight excluding hydrogens is 400 g/mol. The first-order valence-corrected chi connectivity index (χ1v) is 10.2. The van der Waals surface area contributed by atoms with Crippen molar-refractivity contribution in [1.29, 1.82) is 0 Å². The second kappa shape index (κ2) is 8.12. The molecule has 0 saturated carbocycles. The molecule has 1 N–H and O–H groups in total. The zero-order valence-corrected chi connectivity index (χ0v) is 16.4. The zero-order chi connectivity index (χ0) is 19.5. The van der Waals surface area contributed by atoms with Crippen molar-refractivity contribution in [1.82, 2.24) is 10.2 Å². The van der Waals surface area contributed by atoms with Crippen LogP contribution in [0.3, 0.4) is 0 Å². The number of thiophene rings is 1. The van der Waals surface area contributed by atoms with Gasteiger partial charge in [0.05, 0.1) is 10.7 Å². The number of nitrogens with one attached hydrogen (secondary N) is 1. The number of hydrogen-bond donors (Lipinski definition) is 1. The van der Waals surface area contributed by atoms with Gasteiger partial charge < -0.3 is 14.6 Å². The summed E-state index contributed by atoms with van der Waals surface area (Å²) in [7, 11) is 0. The van der Waals surface area contributed by atoms with Crippen LogP contribution in [0.1, 0.15) is 25.2 Å². The van der Waals surface area contributed by atoms with E-state index in [2.05, 4.69) is 15.5 Å². The SMILES string of the molecule is O=C(CCc1nnc(-c2ccsc2)o1)Nc1cc(N2CCCC2=O)ccc1Cl.